The number of esters is 1. The molecule has 0 saturated heterocycles. The van der Waals surface area contributed by atoms with Gasteiger partial charge in [0.25, 0.3) is 5.91 Å². The van der Waals surface area contributed by atoms with E-state index < -0.39 is 5.97 Å². The predicted molar refractivity (Wildman–Crippen MR) is 107 cm³/mol. The minimum absolute atomic E-state index is 0.0218. The molecule has 0 saturated carbocycles. The van der Waals surface area contributed by atoms with Gasteiger partial charge in [0.15, 0.2) is 0 Å². The van der Waals surface area contributed by atoms with E-state index in [4.69, 9.17) is 4.74 Å². The first kappa shape index (κ1) is 22.2. The third-order valence-electron chi connectivity index (χ3n) is 4.29. The molecule has 26 heavy (non-hydrogen) atoms. The Morgan fingerprint density at radius 1 is 0.885 bits per heavy atom. The molecular weight excluding hydrogens is 326 g/mol. The molecule has 0 fully saturated rings. The van der Waals surface area contributed by atoms with Gasteiger partial charge in [-0.25, -0.2) is 4.79 Å². The number of carbonyl (C=O) groups is 2. The molecular formula is C22H35NO3. The number of ether oxygens (including phenoxy) is 1. The summed E-state index contributed by atoms with van der Waals surface area (Å²) in [4.78, 5) is 24.5. The van der Waals surface area contributed by atoms with Crippen LogP contribution in [0.1, 0.15) is 99.3 Å². The van der Waals surface area contributed by atoms with Crippen LogP contribution in [0.2, 0.25) is 0 Å². The SMILES string of the molecule is CCCCCCCCCCCOC(=O)c1ccccc1C(=O)NC(C)C. The zero-order valence-electron chi connectivity index (χ0n) is 16.7. The Hall–Kier alpha value is -1.84. The summed E-state index contributed by atoms with van der Waals surface area (Å²) in [6.07, 6.45) is 11.0. The molecule has 1 rings (SSSR count). The zero-order chi connectivity index (χ0) is 19.2. The van der Waals surface area contributed by atoms with Gasteiger partial charge in [0.05, 0.1) is 17.7 Å². The second kappa shape index (κ2) is 13.4. The van der Waals surface area contributed by atoms with Crippen molar-refractivity contribution in [3.63, 3.8) is 0 Å². The maximum atomic E-state index is 12.3. The quantitative estimate of drug-likeness (QED) is 0.372. The minimum Gasteiger partial charge on any atom is -0.462 e. The van der Waals surface area contributed by atoms with Gasteiger partial charge in [-0.2, -0.15) is 0 Å². The Bertz CT molecular complexity index is 540. The fraction of sp³-hybridized carbons (Fsp3) is 0.636. The molecule has 0 aliphatic carbocycles. The van der Waals surface area contributed by atoms with Gasteiger partial charge in [-0.05, 0) is 32.4 Å². The second-order valence-corrected chi connectivity index (χ2v) is 7.14. The number of hydrogen-bond acceptors (Lipinski definition) is 3. The molecule has 1 aromatic carbocycles. The summed E-state index contributed by atoms with van der Waals surface area (Å²) < 4.78 is 5.36. The number of nitrogens with one attached hydrogen (secondary N) is 1. The maximum absolute atomic E-state index is 12.3. The second-order valence-electron chi connectivity index (χ2n) is 7.14. The number of hydrogen-bond donors (Lipinski definition) is 1. The van der Waals surface area contributed by atoms with Crippen molar-refractivity contribution in [2.24, 2.45) is 0 Å². The van der Waals surface area contributed by atoms with Crippen molar-refractivity contribution in [2.45, 2.75) is 84.6 Å². The van der Waals surface area contributed by atoms with Gasteiger partial charge in [0, 0.05) is 6.04 Å². The molecule has 0 aromatic heterocycles. The average Bonchev–Trinajstić information content (AvgIpc) is 2.62. The van der Waals surface area contributed by atoms with Crippen LogP contribution >= 0.6 is 0 Å². The van der Waals surface area contributed by atoms with Crippen LogP contribution in [0.25, 0.3) is 0 Å². The van der Waals surface area contributed by atoms with Gasteiger partial charge in [0.1, 0.15) is 0 Å². The highest BCUT2D eigenvalue weighted by atomic mass is 16.5. The lowest BCUT2D eigenvalue weighted by molar-refractivity contribution is 0.0494. The monoisotopic (exact) mass is 361 g/mol. The van der Waals surface area contributed by atoms with Crippen molar-refractivity contribution >= 4 is 11.9 Å². The molecule has 4 nitrogen and oxygen atoms in total. The average molecular weight is 362 g/mol. The lowest BCUT2D eigenvalue weighted by atomic mass is 10.1. The molecule has 0 heterocycles. The van der Waals surface area contributed by atoms with Gasteiger partial charge in [-0.1, -0.05) is 70.4 Å². The summed E-state index contributed by atoms with van der Waals surface area (Å²) in [5.74, 6) is -0.658. The Morgan fingerprint density at radius 2 is 1.42 bits per heavy atom. The van der Waals surface area contributed by atoms with Crippen molar-refractivity contribution in [2.75, 3.05) is 6.61 Å². The summed E-state index contributed by atoms with van der Waals surface area (Å²) in [5, 5.41) is 2.82. The van der Waals surface area contributed by atoms with E-state index in [0.29, 0.717) is 17.7 Å². The predicted octanol–water partition coefficient (Wildman–Crippen LogP) is 5.51. The topological polar surface area (TPSA) is 55.4 Å². The molecule has 146 valence electrons. The molecule has 4 heteroatoms. The lowest BCUT2D eigenvalue weighted by Gasteiger charge is -2.12. The Balaban J connectivity index is 2.28. The largest absolute Gasteiger partial charge is 0.462 e. The molecule has 1 N–H and O–H groups in total. The van der Waals surface area contributed by atoms with E-state index in [2.05, 4.69) is 12.2 Å². The molecule has 1 amide bonds. The van der Waals surface area contributed by atoms with Crippen molar-refractivity contribution in [1.82, 2.24) is 5.32 Å². The number of rotatable bonds is 13. The standard InChI is InChI=1S/C22H35NO3/c1-4-5-6-7-8-9-10-11-14-17-26-22(25)20-16-13-12-15-19(20)21(24)23-18(2)3/h12-13,15-16,18H,4-11,14,17H2,1-3H3,(H,23,24). The fourth-order valence-corrected chi connectivity index (χ4v) is 2.85. The van der Waals surface area contributed by atoms with Crippen LogP contribution in [-0.2, 0) is 4.74 Å². The first-order valence-corrected chi connectivity index (χ1v) is 10.1. The van der Waals surface area contributed by atoms with E-state index >= 15 is 0 Å². The van der Waals surface area contributed by atoms with Crippen LogP contribution in [0.5, 0.6) is 0 Å². The zero-order valence-corrected chi connectivity index (χ0v) is 16.7. The van der Waals surface area contributed by atoms with Crippen molar-refractivity contribution in [3.8, 4) is 0 Å². The van der Waals surface area contributed by atoms with Crippen molar-refractivity contribution < 1.29 is 14.3 Å². The fourth-order valence-electron chi connectivity index (χ4n) is 2.85. The van der Waals surface area contributed by atoms with Gasteiger partial charge in [-0.15, -0.1) is 0 Å². The first-order chi connectivity index (χ1) is 12.6. The molecule has 0 radical (unpaired) electrons. The number of benzene rings is 1. The highest BCUT2D eigenvalue weighted by Crippen LogP contribution is 2.12. The maximum Gasteiger partial charge on any atom is 0.338 e. The van der Waals surface area contributed by atoms with Crippen LogP contribution in [0.15, 0.2) is 24.3 Å². The third kappa shape index (κ3) is 9.02. The van der Waals surface area contributed by atoms with Gasteiger partial charge >= 0.3 is 5.97 Å². The van der Waals surface area contributed by atoms with E-state index in [1.807, 2.05) is 13.8 Å². The van der Waals surface area contributed by atoms with Crippen molar-refractivity contribution in [1.29, 1.82) is 0 Å². The van der Waals surface area contributed by atoms with Crippen molar-refractivity contribution in [3.05, 3.63) is 35.4 Å². The van der Waals surface area contributed by atoms with Crippen LogP contribution in [0.3, 0.4) is 0 Å². The normalized spacial score (nSPS) is 10.8. The van der Waals surface area contributed by atoms with Crippen LogP contribution < -0.4 is 5.32 Å². The third-order valence-corrected chi connectivity index (χ3v) is 4.29. The van der Waals surface area contributed by atoms with Gasteiger partial charge in [0.2, 0.25) is 0 Å². The Morgan fingerprint density at radius 3 is 2.00 bits per heavy atom. The van der Waals surface area contributed by atoms with E-state index in [9.17, 15) is 9.59 Å². The molecule has 0 unspecified atom stereocenters. The van der Waals surface area contributed by atoms with E-state index in [1.54, 1.807) is 24.3 Å². The summed E-state index contributed by atoms with van der Waals surface area (Å²) in [5.41, 5.74) is 0.708. The van der Waals surface area contributed by atoms with E-state index in [-0.39, 0.29) is 11.9 Å². The van der Waals surface area contributed by atoms with E-state index in [1.165, 1.54) is 44.9 Å². The molecule has 0 spiro atoms. The number of amides is 1. The summed E-state index contributed by atoms with van der Waals surface area (Å²) in [7, 11) is 0. The minimum atomic E-state index is -0.418. The molecule has 0 aliphatic rings. The van der Waals surface area contributed by atoms with E-state index in [0.717, 1.165) is 12.8 Å². The first-order valence-electron chi connectivity index (χ1n) is 10.1. The van der Waals surface area contributed by atoms with Gasteiger partial charge < -0.3 is 10.1 Å². The van der Waals surface area contributed by atoms with Crippen LogP contribution in [0.4, 0.5) is 0 Å². The summed E-state index contributed by atoms with van der Waals surface area (Å²) in [6.45, 7) is 6.43. The molecule has 0 bridgehead atoms. The summed E-state index contributed by atoms with van der Waals surface area (Å²) >= 11 is 0. The Kier molecular flexibility index (Phi) is 11.4. The molecule has 1 aromatic rings. The summed E-state index contributed by atoms with van der Waals surface area (Å²) in [6, 6.07) is 6.84. The highest BCUT2D eigenvalue weighted by Gasteiger charge is 2.18. The van der Waals surface area contributed by atoms with Gasteiger partial charge in [-0.3, -0.25) is 4.79 Å². The van der Waals surface area contributed by atoms with Crippen LogP contribution in [0, 0.1) is 0 Å². The molecule has 0 aliphatic heterocycles. The highest BCUT2D eigenvalue weighted by molar-refractivity contribution is 6.05. The lowest BCUT2D eigenvalue weighted by Crippen LogP contribution is -2.31. The number of carbonyl (C=O) groups excluding carboxylic acids is 2. The molecule has 0 atom stereocenters. The van der Waals surface area contributed by atoms with Crippen LogP contribution in [-0.4, -0.2) is 24.5 Å². The Labute approximate surface area is 158 Å². The number of unbranched alkanes of at least 4 members (excludes halogenated alkanes) is 8. The smallest absolute Gasteiger partial charge is 0.338 e.